The summed E-state index contributed by atoms with van der Waals surface area (Å²) in [5.74, 6) is -0.440. The molecule has 0 fully saturated rings. The van der Waals surface area contributed by atoms with Gasteiger partial charge < -0.3 is 10.6 Å². The van der Waals surface area contributed by atoms with Gasteiger partial charge in [-0.2, -0.15) is 0 Å². The van der Waals surface area contributed by atoms with Gasteiger partial charge in [0, 0.05) is 24.8 Å². The predicted octanol–water partition coefficient (Wildman–Crippen LogP) is 3.17. The molecule has 0 bridgehead atoms. The van der Waals surface area contributed by atoms with Gasteiger partial charge in [-0.1, -0.05) is 56.3 Å². The summed E-state index contributed by atoms with van der Waals surface area (Å²) in [5.41, 5.74) is 5.87. The number of benzene rings is 2. The first-order chi connectivity index (χ1) is 16.7. The van der Waals surface area contributed by atoms with Crippen LogP contribution in [0.15, 0.2) is 70.3 Å². The summed E-state index contributed by atoms with van der Waals surface area (Å²) in [5, 5.41) is 11.0. The number of aromatic amines is 1. The highest BCUT2D eigenvalue weighted by molar-refractivity contribution is 6.05. The van der Waals surface area contributed by atoms with Crippen molar-refractivity contribution in [2.75, 3.05) is 17.2 Å². The van der Waals surface area contributed by atoms with Gasteiger partial charge in [-0.15, -0.1) is 0 Å². The molecule has 0 radical (unpaired) electrons. The first-order valence-electron chi connectivity index (χ1n) is 11.1. The van der Waals surface area contributed by atoms with E-state index in [1.807, 2.05) is 44.2 Å². The van der Waals surface area contributed by atoms with Crippen molar-refractivity contribution in [3.8, 4) is 0 Å². The summed E-state index contributed by atoms with van der Waals surface area (Å²) in [4.78, 5) is 52.6. The lowest BCUT2D eigenvalue weighted by atomic mass is 10.1. The number of nitro benzene ring substituents is 1. The van der Waals surface area contributed by atoms with Gasteiger partial charge in [-0.3, -0.25) is 29.3 Å². The summed E-state index contributed by atoms with van der Waals surface area (Å²) >= 11 is 0. The van der Waals surface area contributed by atoms with Gasteiger partial charge in [0.15, 0.2) is 5.69 Å². The summed E-state index contributed by atoms with van der Waals surface area (Å²) in [6.45, 7) is 4.26. The second-order valence-electron chi connectivity index (χ2n) is 8.42. The van der Waals surface area contributed by atoms with Crippen LogP contribution in [0.3, 0.4) is 0 Å². The molecule has 1 heterocycles. The molecule has 35 heavy (non-hydrogen) atoms. The van der Waals surface area contributed by atoms with E-state index in [4.69, 9.17) is 5.73 Å². The first-order valence-corrected chi connectivity index (χ1v) is 11.1. The Morgan fingerprint density at radius 1 is 1.17 bits per heavy atom. The van der Waals surface area contributed by atoms with E-state index in [-0.39, 0.29) is 36.2 Å². The lowest BCUT2D eigenvalue weighted by Crippen LogP contribution is -2.41. The Hall–Kier alpha value is -4.47. The number of anilines is 2. The van der Waals surface area contributed by atoms with E-state index in [2.05, 4.69) is 4.98 Å². The van der Waals surface area contributed by atoms with Crippen LogP contribution in [0.2, 0.25) is 0 Å². The topological polar surface area (TPSA) is 144 Å². The van der Waals surface area contributed by atoms with Gasteiger partial charge in [-0.05, 0) is 29.5 Å². The quantitative estimate of drug-likeness (QED) is 0.275. The maximum absolute atomic E-state index is 13.2. The summed E-state index contributed by atoms with van der Waals surface area (Å²) in [6.07, 6.45) is 3.24. The Balaban J connectivity index is 2.01. The molecule has 10 heteroatoms. The van der Waals surface area contributed by atoms with E-state index in [9.17, 15) is 24.5 Å². The molecule has 3 aromatic rings. The normalized spacial score (nSPS) is 11.2. The van der Waals surface area contributed by atoms with Gasteiger partial charge in [0.1, 0.15) is 5.82 Å². The molecular weight excluding hydrogens is 450 g/mol. The number of rotatable bonds is 9. The van der Waals surface area contributed by atoms with Gasteiger partial charge in [-0.25, -0.2) is 4.79 Å². The van der Waals surface area contributed by atoms with Crippen molar-refractivity contribution in [2.45, 2.75) is 26.8 Å². The number of nitrogen functional groups attached to an aromatic ring is 1. The van der Waals surface area contributed by atoms with Crippen LogP contribution in [0.4, 0.5) is 17.2 Å². The molecule has 0 aliphatic rings. The monoisotopic (exact) mass is 477 g/mol. The lowest BCUT2D eigenvalue weighted by Gasteiger charge is -2.24. The molecule has 0 aliphatic heterocycles. The van der Waals surface area contributed by atoms with Gasteiger partial charge in [0.05, 0.1) is 11.5 Å². The average molecular weight is 478 g/mol. The summed E-state index contributed by atoms with van der Waals surface area (Å²) in [7, 11) is 0. The third-order valence-electron chi connectivity index (χ3n) is 5.36. The molecule has 1 amide bonds. The minimum absolute atomic E-state index is 0.107. The van der Waals surface area contributed by atoms with E-state index >= 15 is 0 Å². The number of amides is 1. The van der Waals surface area contributed by atoms with E-state index < -0.39 is 22.1 Å². The minimum atomic E-state index is -0.766. The second kappa shape index (κ2) is 11.1. The van der Waals surface area contributed by atoms with Crippen LogP contribution >= 0.6 is 0 Å². The van der Waals surface area contributed by atoms with Crippen molar-refractivity contribution in [1.82, 2.24) is 9.55 Å². The average Bonchev–Trinajstić information content (AvgIpc) is 2.82. The van der Waals surface area contributed by atoms with E-state index in [0.717, 1.165) is 5.56 Å². The molecule has 0 atom stereocenters. The van der Waals surface area contributed by atoms with Crippen LogP contribution in [-0.2, 0) is 11.3 Å². The standard InChI is InChI=1S/C25H27N5O5/c1-17(2)13-14-28(21(31)12-11-18-9-6-10-20(15-18)30(34)35)22-23(26)29(25(33)27-24(22)32)16-19-7-4-3-5-8-19/h3-12,15,17H,13-14,16,26H2,1-2H3,(H,27,32,33)/b12-11+. The number of non-ortho nitro benzene ring substituents is 1. The number of hydrogen-bond acceptors (Lipinski definition) is 6. The Morgan fingerprint density at radius 3 is 2.54 bits per heavy atom. The molecule has 0 saturated carbocycles. The second-order valence-corrected chi connectivity index (χ2v) is 8.42. The smallest absolute Gasteiger partial charge is 0.330 e. The fourth-order valence-electron chi connectivity index (χ4n) is 3.48. The maximum atomic E-state index is 13.2. The molecular formula is C25H27N5O5. The molecule has 0 spiro atoms. The summed E-state index contributed by atoms with van der Waals surface area (Å²) in [6, 6.07) is 14.9. The van der Waals surface area contributed by atoms with Gasteiger partial charge in [0.2, 0.25) is 0 Å². The van der Waals surface area contributed by atoms with Crippen molar-refractivity contribution in [1.29, 1.82) is 0 Å². The molecule has 0 aliphatic carbocycles. The Kier molecular flexibility index (Phi) is 7.98. The zero-order valence-corrected chi connectivity index (χ0v) is 19.5. The van der Waals surface area contributed by atoms with Gasteiger partial charge >= 0.3 is 5.69 Å². The Bertz CT molecular complexity index is 1360. The molecule has 2 aromatic carbocycles. The predicted molar refractivity (Wildman–Crippen MR) is 135 cm³/mol. The van der Waals surface area contributed by atoms with Crippen molar-refractivity contribution in [3.63, 3.8) is 0 Å². The molecule has 0 saturated heterocycles. The minimum Gasteiger partial charge on any atom is -0.383 e. The maximum Gasteiger partial charge on any atom is 0.330 e. The lowest BCUT2D eigenvalue weighted by molar-refractivity contribution is -0.384. The van der Waals surface area contributed by atoms with Crippen LogP contribution in [0.25, 0.3) is 6.08 Å². The number of nitrogens with one attached hydrogen (secondary N) is 1. The van der Waals surface area contributed by atoms with Crippen molar-refractivity contribution in [3.05, 3.63) is 103 Å². The van der Waals surface area contributed by atoms with Crippen LogP contribution < -0.4 is 21.9 Å². The number of H-pyrrole nitrogens is 1. The highest BCUT2D eigenvalue weighted by Gasteiger charge is 2.23. The highest BCUT2D eigenvalue weighted by Crippen LogP contribution is 2.20. The first kappa shape index (κ1) is 25.2. The molecule has 0 unspecified atom stereocenters. The van der Waals surface area contributed by atoms with Crippen LogP contribution in [-0.4, -0.2) is 26.9 Å². The van der Waals surface area contributed by atoms with Crippen molar-refractivity contribution >= 4 is 29.2 Å². The number of aromatic nitrogens is 2. The number of nitrogens with two attached hydrogens (primary N) is 1. The van der Waals surface area contributed by atoms with Gasteiger partial charge in [0.25, 0.3) is 17.2 Å². The summed E-state index contributed by atoms with van der Waals surface area (Å²) < 4.78 is 1.21. The third kappa shape index (κ3) is 6.32. The highest BCUT2D eigenvalue weighted by atomic mass is 16.6. The van der Waals surface area contributed by atoms with E-state index in [1.165, 1.54) is 39.8 Å². The Morgan fingerprint density at radius 2 is 1.89 bits per heavy atom. The largest absolute Gasteiger partial charge is 0.383 e. The number of carbonyl (C=O) groups excluding carboxylic acids is 1. The fraction of sp³-hybridized carbons (Fsp3) is 0.240. The number of carbonyl (C=O) groups is 1. The van der Waals surface area contributed by atoms with Crippen molar-refractivity contribution in [2.24, 2.45) is 5.92 Å². The Labute approximate surface area is 201 Å². The van der Waals surface area contributed by atoms with Crippen LogP contribution in [0.1, 0.15) is 31.4 Å². The van der Waals surface area contributed by atoms with E-state index in [0.29, 0.717) is 12.0 Å². The number of hydrogen-bond donors (Lipinski definition) is 2. The fourth-order valence-corrected chi connectivity index (χ4v) is 3.48. The van der Waals surface area contributed by atoms with Crippen molar-refractivity contribution < 1.29 is 9.72 Å². The molecule has 3 rings (SSSR count). The van der Waals surface area contributed by atoms with E-state index in [1.54, 1.807) is 6.07 Å². The SMILES string of the molecule is CC(C)CCN(C(=O)/C=C/c1cccc([N+](=O)[O-])c1)c1c(N)n(Cc2ccccc2)c(=O)[nH]c1=O. The molecule has 3 N–H and O–H groups in total. The molecule has 10 nitrogen and oxygen atoms in total. The van der Waals surface area contributed by atoms with Crippen LogP contribution in [0.5, 0.6) is 0 Å². The zero-order chi connectivity index (χ0) is 25.5. The molecule has 182 valence electrons. The molecule has 1 aromatic heterocycles. The third-order valence-corrected chi connectivity index (χ3v) is 5.36. The van der Waals surface area contributed by atoms with Crippen LogP contribution in [0, 0.1) is 16.0 Å². The number of nitro groups is 1. The zero-order valence-electron chi connectivity index (χ0n) is 19.5. The number of nitrogens with zero attached hydrogens (tertiary/aromatic N) is 3.